The van der Waals surface area contributed by atoms with Crippen molar-refractivity contribution in [3.8, 4) is 0 Å². The number of likely N-dealkylation sites (tertiary alicyclic amines) is 1. The van der Waals surface area contributed by atoms with Gasteiger partial charge in [0.25, 0.3) is 0 Å². The molecular weight excluding hydrogens is 390 g/mol. The van der Waals surface area contributed by atoms with E-state index in [4.69, 9.17) is 5.14 Å². The highest BCUT2D eigenvalue weighted by Crippen LogP contribution is 2.19. The Bertz CT molecular complexity index is 1000. The van der Waals surface area contributed by atoms with Crippen LogP contribution >= 0.6 is 0 Å². The zero-order valence-corrected chi connectivity index (χ0v) is 16.6. The van der Waals surface area contributed by atoms with Crippen LogP contribution in [0.1, 0.15) is 18.4 Å². The highest BCUT2D eigenvalue weighted by Gasteiger charge is 2.27. The summed E-state index contributed by atoms with van der Waals surface area (Å²) >= 11 is 0. The topological polar surface area (TPSA) is 110 Å². The van der Waals surface area contributed by atoms with Gasteiger partial charge in [-0.1, -0.05) is 30.3 Å². The molecule has 1 heterocycles. The fourth-order valence-electron chi connectivity index (χ4n) is 3.20. The number of hydrogen-bond donors (Lipinski definition) is 2. The van der Waals surface area contributed by atoms with Crippen molar-refractivity contribution in [1.29, 1.82) is 0 Å². The molecule has 3 N–H and O–H groups in total. The van der Waals surface area contributed by atoms with Crippen molar-refractivity contribution in [2.75, 3.05) is 18.4 Å². The van der Waals surface area contributed by atoms with E-state index in [0.29, 0.717) is 18.7 Å². The fraction of sp³-hybridized carbons (Fsp3) is 0.238. The number of carbonyl (C=O) groups excluding carboxylic acids is 2. The van der Waals surface area contributed by atoms with Crippen LogP contribution in [-0.4, -0.2) is 38.2 Å². The van der Waals surface area contributed by atoms with E-state index in [9.17, 15) is 18.0 Å². The Hall–Kier alpha value is -2.97. The Kier molecular flexibility index (Phi) is 6.46. The summed E-state index contributed by atoms with van der Waals surface area (Å²) in [6.07, 6.45) is 4.54. The summed E-state index contributed by atoms with van der Waals surface area (Å²) in [5, 5.41) is 7.97. The fourth-order valence-corrected chi connectivity index (χ4v) is 3.71. The molecule has 1 fully saturated rings. The molecule has 0 saturated carbocycles. The van der Waals surface area contributed by atoms with Gasteiger partial charge in [0.05, 0.1) is 10.8 Å². The minimum absolute atomic E-state index is 0.0178. The Labute approximate surface area is 170 Å². The minimum Gasteiger partial charge on any atom is -0.338 e. The monoisotopic (exact) mass is 413 g/mol. The van der Waals surface area contributed by atoms with Gasteiger partial charge in [0.2, 0.25) is 21.8 Å². The van der Waals surface area contributed by atoms with Gasteiger partial charge < -0.3 is 10.2 Å². The van der Waals surface area contributed by atoms with E-state index in [1.165, 1.54) is 18.2 Å². The number of carbonyl (C=O) groups is 2. The second-order valence-electron chi connectivity index (χ2n) is 6.93. The van der Waals surface area contributed by atoms with Gasteiger partial charge in [-0.25, -0.2) is 13.6 Å². The first kappa shape index (κ1) is 20.8. The van der Waals surface area contributed by atoms with Crippen molar-refractivity contribution in [2.45, 2.75) is 17.7 Å². The standard InChI is InChI=1S/C21H23N3O4S/c22-29(27,28)19-11-8-16(9-12-19)10-13-20(25)24-14-4-5-17(15-24)21(26)23-18-6-2-1-3-7-18/h1-3,6-13,17H,4-5,14-15H2,(H,23,26)(H2,22,27,28)/b13-10+/t17-/m1/s1. The second-order valence-corrected chi connectivity index (χ2v) is 8.49. The number of amides is 2. The molecule has 152 valence electrons. The van der Waals surface area contributed by atoms with E-state index in [2.05, 4.69) is 5.32 Å². The molecule has 0 unspecified atom stereocenters. The van der Waals surface area contributed by atoms with Crippen LogP contribution in [0.5, 0.6) is 0 Å². The molecule has 2 aromatic carbocycles. The van der Waals surface area contributed by atoms with Crippen LogP contribution in [0.2, 0.25) is 0 Å². The molecule has 8 heteroatoms. The Morgan fingerprint density at radius 3 is 2.41 bits per heavy atom. The maximum Gasteiger partial charge on any atom is 0.246 e. The van der Waals surface area contributed by atoms with Crippen molar-refractivity contribution in [1.82, 2.24) is 4.90 Å². The van der Waals surface area contributed by atoms with E-state index in [-0.39, 0.29) is 22.6 Å². The summed E-state index contributed by atoms with van der Waals surface area (Å²) in [5.74, 6) is -0.524. The predicted octanol–water partition coefficient (Wildman–Crippen LogP) is 2.22. The lowest BCUT2D eigenvalue weighted by molar-refractivity contribution is -0.130. The van der Waals surface area contributed by atoms with Gasteiger partial charge in [-0.15, -0.1) is 0 Å². The van der Waals surface area contributed by atoms with Gasteiger partial charge in [0, 0.05) is 24.9 Å². The number of hydrogen-bond acceptors (Lipinski definition) is 4. The molecule has 1 saturated heterocycles. The number of nitrogens with zero attached hydrogens (tertiary/aromatic N) is 1. The van der Waals surface area contributed by atoms with Crippen molar-refractivity contribution in [3.63, 3.8) is 0 Å². The first-order valence-electron chi connectivity index (χ1n) is 9.29. The molecule has 1 aliphatic rings. The quantitative estimate of drug-likeness (QED) is 0.733. The second kappa shape index (κ2) is 9.02. The summed E-state index contributed by atoms with van der Waals surface area (Å²) in [5.41, 5.74) is 1.42. The maximum atomic E-state index is 12.5. The molecular formula is C21H23N3O4S. The predicted molar refractivity (Wildman–Crippen MR) is 111 cm³/mol. The van der Waals surface area contributed by atoms with Gasteiger partial charge in [-0.3, -0.25) is 9.59 Å². The summed E-state index contributed by atoms with van der Waals surface area (Å²) in [6, 6.07) is 15.2. The molecule has 29 heavy (non-hydrogen) atoms. The Morgan fingerprint density at radius 1 is 1.07 bits per heavy atom. The molecule has 0 aromatic heterocycles. The van der Waals surface area contributed by atoms with E-state index in [1.54, 1.807) is 23.1 Å². The lowest BCUT2D eigenvalue weighted by atomic mass is 9.97. The number of para-hydroxylation sites is 1. The van der Waals surface area contributed by atoms with E-state index < -0.39 is 10.0 Å². The highest BCUT2D eigenvalue weighted by atomic mass is 32.2. The lowest BCUT2D eigenvalue weighted by Gasteiger charge is -2.31. The molecule has 7 nitrogen and oxygen atoms in total. The Balaban J connectivity index is 1.59. The molecule has 0 spiro atoms. The number of anilines is 1. The van der Waals surface area contributed by atoms with Crippen molar-refractivity contribution in [3.05, 3.63) is 66.2 Å². The third-order valence-electron chi connectivity index (χ3n) is 4.77. The average molecular weight is 413 g/mol. The van der Waals surface area contributed by atoms with E-state index >= 15 is 0 Å². The maximum absolute atomic E-state index is 12.5. The summed E-state index contributed by atoms with van der Waals surface area (Å²) in [4.78, 5) is 26.7. The minimum atomic E-state index is -3.74. The average Bonchev–Trinajstić information content (AvgIpc) is 2.72. The van der Waals surface area contributed by atoms with E-state index in [0.717, 1.165) is 18.5 Å². The first-order valence-corrected chi connectivity index (χ1v) is 10.8. The van der Waals surface area contributed by atoms with Crippen molar-refractivity contribution >= 4 is 33.6 Å². The van der Waals surface area contributed by atoms with Gasteiger partial charge in [-0.05, 0) is 48.7 Å². The third-order valence-corrected chi connectivity index (χ3v) is 5.70. The normalized spacial score (nSPS) is 17.3. The zero-order chi connectivity index (χ0) is 20.9. The lowest BCUT2D eigenvalue weighted by Crippen LogP contribution is -2.43. The number of primary sulfonamides is 1. The van der Waals surface area contributed by atoms with Crippen LogP contribution < -0.4 is 10.5 Å². The van der Waals surface area contributed by atoms with Gasteiger partial charge in [0.1, 0.15) is 0 Å². The van der Waals surface area contributed by atoms with Crippen LogP contribution in [0, 0.1) is 5.92 Å². The SMILES string of the molecule is NS(=O)(=O)c1ccc(/C=C/C(=O)N2CCC[C@@H](C(=O)Nc3ccccc3)C2)cc1. The molecule has 1 atom stereocenters. The van der Waals surface area contributed by atoms with E-state index in [1.807, 2.05) is 30.3 Å². The number of benzene rings is 2. The van der Waals surface area contributed by atoms with Crippen LogP contribution in [0.4, 0.5) is 5.69 Å². The number of rotatable bonds is 5. The summed E-state index contributed by atoms with van der Waals surface area (Å²) in [7, 11) is -3.74. The number of piperidine rings is 1. The number of nitrogens with two attached hydrogens (primary N) is 1. The van der Waals surface area contributed by atoms with Crippen molar-refractivity contribution in [2.24, 2.45) is 11.1 Å². The largest absolute Gasteiger partial charge is 0.338 e. The smallest absolute Gasteiger partial charge is 0.246 e. The molecule has 0 bridgehead atoms. The van der Waals surface area contributed by atoms with Crippen LogP contribution in [-0.2, 0) is 19.6 Å². The Morgan fingerprint density at radius 2 is 1.76 bits per heavy atom. The molecule has 0 radical (unpaired) electrons. The highest BCUT2D eigenvalue weighted by molar-refractivity contribution is 7.89. The molecule has 0 aliphatic carbocycles. The molecule has 3 rings (SSSR count). The summed E-state index contributed by atoms with van der Waals surface area (Å²) < 4.78 is 22.6. The summed E-state index contributed by atoms with van der Waals surface area (Å²) in [6.45, 7) is 0.967. The first-order chi connectivity index (χ1) is 13.8. The number of nitrogens with one attached hydrogen (secondary N) is 1. The third kappa shape index (κ3) is 5.75. The van der Waals surface area contributed by atoms with Gasteiger partial charge in [-0.2, -0.15) is 0 Å². The van der Waals surface area contributed by atoms with Crippen LogP contribution in [0.3, 0.4) is 0 Å². The van der Waals surface area contributed by atoms with Crippen LogP contribution in [0.15, 0.2) is 65.6 Å². The zero-order valence-electron chi connectivity index (χ0n) is 15.8. The van der Waals surface area contributed by atoms with Crippen molar-refractivity contribution < 1.29 is 18.0 Å². The molecule has 1 aliphatic heterocycles. The molecule has 2 amide bonds. The molecule has 2 aromatic rings. The van der Waals surface area contributed by atoms with Gasteiger partial charge in [0.15, 0.2) is 0 Å². The van der Waals surface area contributed by atoms with Crippen LogP contribution in [0.25, 0.3) is 6.08 Å². The number of sulfonamides is 1. The van der Waals surface area contributed by atoms with Gasteiger partial charge >= 0.3 is 0 Å².